The Bertz CT molecular complexity index is 912. The summed E-state index contributed by atoms with van der Waals surface area (Å²) < 4.78 is 18.7. The molecule has 1 aliphatic heterocycles. The van der Waals surface area contributed by atoms with Crippen molar-refractivity contribution in [1.29, 1.82) is 0 Å². The van der Waals surface area contributed by atoms with E-state index in [1.165, 1.54) is 12.1 Å². The molecule has 27 heavy (non-hydrogen) atoms. The average molecular weight is 386 g/mol. The van der Waals surface area contributed by atoms with Crippen LogP contribution in [0.1, 0.15) is 15.9 Å². The second-order valence-corrected chi connectivity index (χ2v) is 6.52. The van der Waals surface area contributed by atoms with Gasteiger partial charge in [-0.25, -0.2) is 4.39 Å². The van der Waals surface area contributed by atoms with Gasteiger partial charge in [-0.3, -0.25) is 19.7 Å². The highest BCUT2D eigenvalue weighted by molar-refractivity contribution is 8.18. The number of amides is 3. The minimum atomic E-state index is -0.454. The molecule has 0 aliphatic carbocycles. The van der Waals surface area contributed by atoms with Gasteiger partial charge in [-0.05, 0) is 47.7 Å². The molecule has 0 bridgehead atoms. The number of ether oxygens (including phenoxy) is 1. The second kappa shape index (κ2) is 8.50. The van der Waals surface area contributed by atoms with Crippen LogP contribution in [0.5, 0.6) is 5.75 Å². The summed E-state index contributed by atoms with van der Waals surface area (Å²) in [5.41, 5.74) is 1.13. The number of imide groups is 1. The molecule has 0 radical (unpaired) electrons. The third-order valence-corrected chi connectivity index (χ3v) is 4.41. The fourth-order valence-electron chi connectivity index (χ4n) is 2.29. The standard InChI is InChI=1S/C19H15FN2O4S/c20-14-3-1-2-4-15(14)26-10-9-21-17(23)13-7-5-12(6-8-13)11-16-18(24)22-19(25)27-16/h1-8,11H,9-10H2,(H,21,23)(H,22,24,25)/b16-11-. The zero-order valence-corrected chi connectivity index (χ0v) is 14.8. The van der Waals surface area contributed by atoms with E-state index in [0.29, 0.717) is 16.0 Å². The van der Waals surface area contributed by atoms with Crippen molar-refractivity contribution >= 4 is 34.9 Å². The van der Waals surface area contributed by atoms with E-state index in [2.05, 4.69) is 10.6 Å². The number of hydrogen-bond acceptors (Lipinski definition) is 5. The van der Waals surface area contributed by atoms with Crippen LogP contribution in [0.3, 0.4) is 0 Å². The smallest absolute Gasteiger partial charge is 0.290 e. The van der Waals surface area contributed by atoms with Crippen molar-refractivity contribution < 1.29 is 23.5 Å². The Morgan fingerprint density at radius 1 is 1.15 bits per heavy atom. The summed E-state index contributed by atoms with van der Waals surface area (Å²) in [6, 6.07) is 12.6. The van der Waals surface area contributed by atoms with Crippen LogP contribution >= 0.6 is 11.8 Å². The van der Waals surface area contributed by atoms with E-state index >= 15 is 0 Å². The highest BCUT2D eigenvalue weighted by Gasteiger charge is 2.24. The van der Waals surface area contributed by atoms with Gasteiger partial charge >= 0.3 is 0 Å². The van der Waals surface area contributed by atoms with E-state index in [1.807, 2.05) is 0 Å². The molecule has 0 spiro atoms. The molecular weight excluding hydrogens is 371 g/mol. The molecule has 0 saturated carbocycles. The zero-order valence-electron chi connectivity index (χ0n) is 14.0. The first kappa shape index (κ1) is 18.7. The number of carbonyl (C=O) groups is 3. The fourth-order valence-corrected chi connectivity index (χ4v) is 2.97. The largest absolute Gasteiger partial charge is 0.489 e. The Balaban J connectivity index is 1.50. The lowest BCUT2D eigenvalue weighted by molar-refractivity contribution is -0.115. The molecule has 0 aromatic heterocycles. The van der Waals surface area contributed by atoms with Crippen molar-refractivity contribution in [2.45, 2.75) is 0 Å². The molecule has 1 saturated heterocycles. The molecule has 0 unspecified atom stereocenters. The maximum absolute atomic E-state index is 13.4. The molecule has 2 N–H and O–H groups in total. The molecule has 1 aliphatic rings. The quantitative estimate of drug-likeness (QED) is 0.589. The van der Waals surface area contributed by atoms with Crippen LogP contribution in [0.15, 0.2) is 53.4 Å². The van der Waals surface area contributed by atoms with Gasteiger partial charge in [-0.15, -0.1) is 0 Å². The Hall–Kier alpha value is -3.13. The van der Waals surface area contributed by atoms with Crippen LogP contribution in [0, 0.1) is 5.82 Å². The molecule has 2 aromatic carbocycles. The number of halogens is 1. The normalized spacial score (nSPS) is 14.9. The SMILES string of the molecule is O=C1NC(=O)/C(=C/c2ccc(C(=O)NCCOc3ccccc3F)cc2)S1. The molecule has 8 heteroatoms. The molecule has 138 valence electrons. The lowest BCUT2D eigenvalue weighted by Gasteiger charge is -2.08. The monoisotopic (exact) mass is 386 g/mol. The highest BCUT2D eigenvalue weighted by atomic mass is 32.2. The van der Waals surface area contributed by atoms with Gasteiger partial charge in [-0.1, -0.05) is 24.3 Å². The summed E-state index contributed by atoms with van der Waals surface area (Å²) in [5.74, 6) is -1.04. The molecular formula is C19H15FN2O4S. The summed E-state index contributed by atoms with van der Waals surface area (Å²) in [6.07, 6.45) is 1.58. The first-order valence-electron chi connectivity index (χ1n) is 8.03. The third-order valence-electron chi connectivity index (χ3n) is 3.59. The van der Waals surface area contributed by atoms with Crippen molar-refractivity contribution in [2.24, 2.45) is 0 Å². The summed E-state index contributed by atoms with van der Waals surface area (Å²) in [7, 11) is 0. The summed E-state index contributed by atoms with van der Waals surface area (Å²) in [5, 5.41) is 4.45. The number of para-hydroxylation sites is 1. The van der Waals surface area contributed by atoms with Crippen LogP contribution in [-0.2, 0) is 4.79 Å². The first-order valence-corrected chi connectivity index (χ1v) is 8.85. The van der Waals surface area contributed by atoms with Gasteiger partial charge < -0.3 is 10.1 Å². The van der Waals surface area contributed by atoms with Crippen LogP contribution in [0.4, 0.5) is 9.18 Å². The van der Waals surface area contributed by atoms with Gasteiger partial charge in [0.1, 0.15) is 6.61 Å². The predicted octanol–water partition coefficient (Wildman–Crippen LogP) is 2.96. The van der Waals surface area contributed by atoms with Gasteiger partial charge in [0.2, 0.25) is 0 Å². The Kier molecular flexibility index (Phi) is 5.87. The first-order chi connectivity index (χ1) is 13.0. The number of rotatable bonds is 6. The van der Waals surface area contributed by atoms with E-state index in [-0.39, 0.29) is 24.8 Å². The lowest BCUT2D eigenvalue weighted by atomic mass is 10.1. The van der Waals surface area contributed by atoms with E-state index in [9.17, 15) is 18.8 Å². The maximum Gasteiger partial charge on any atom is 0.290 e. The van der Waals surface area contributed by atoms with Crippen LogP contribution in [-0.4, -0.2) is 30.2 Å². The van der Waals surface area contributed by atoms with Crippen LogP contribution in [0.2, 0.25) is 0 Å². The summed E-state index contributed by atoms with van der Waals surface area (Å²) in [4.78, 5) is 35.1. The minimum absolute atomic E-state index is 0.136. The van der Waals surface area contributed by atoms with Gasteiger partial charge in [0, 0.05) is 5.56 Å². The molecule has 3 amide bonds. The highest BCUT2D eigenvalue weighted by Crippen LogP contribution is 2.25. The van der Waals surface area contributed by atoms with Crippen LogP contribution in [0.25, 0.3) is 6.08 Å². The molecule has 0 atom stereocenters. The van der Waals surface area contributed by atoms with Crippen molar-refractivity contribution in [3.8, 4) is 5.75 Å². The summed E-state index contributed by atoms with van der Waals surface area (Å²) >= 11 is 0.833. The third kappa shape index (κ3) is 4.95. The lowest BCUT2D eigenvalue weighted by Crippen LogP contribution is -2.28. The van der Waals surface area contributed by atoms with Gasteiger partial charge in [-0.2, -0.15) is 0 Å². The Labute approximate surface area is 158 Å². The van der Waals surface area contributed by atoms with Gasteiger partial charge in [0.15, 0.2) is 11.6 Å². The number of thioether (sulfide) groups is 1. The van der Waals surface area contributed by atoms with E-state index < -0.39 is 17.0 Å². The number of carbonyl (C=O) groups excluding carboxylic acids is 3. The Morgan fingerprint density at radius 2 is 1.89 bits per heavy atom. The fraction of sp³-hybridized carbons (Fsp3) is 0.105. The van der Waals surface area contributed by atoms with Gasteiger partial charge in [0.05, 0.1) is 11.4 Å². The number of hydrogen-bond donors (Lipinski definition) is 2. The predicted molar refractivity (Wildman–Crippen MR) is 99.8 cm³/mol. The molecule has 6 nitrogen and oxygen atoms in total. The zero-order chi connectivity index (χ0) is 19.2. The van der Waals surface area contributed by atoms with E-state index in [0.717, 1.165) is 11.8 Å². The summed E-state index contributed by atoms with van der Waals surface area (Å²) in [6.45, 7) is 0.356. The second-order valence-electron chi connectivity index (χ2n) is 5.51. The minimum Gasteiger partial charge on any atom is -0.489 e. The van der Waals surface area contributed by atoms with Crippen molar-refractivity contribution in [3.63, 3.8) is 0 Å². The Morgan fingerprint density at radius 3 is 2.56 bits per heavy atom. The molecule has 2 aromatic rings. The molecule has 1 fully saturated rings. The van der Waals surface area contributed by atoms with E-state index in [1.54, 1.807) is 42.5 Å². The number of benzene rings is 2. The average Bonchev–Trinajstić information content (AvgIpc) is 2.97. The maximum atomic E-state index is 13.4. The number of nitrogens with one attached hydrogen (secondary N) is 2. The van der Waals surface area contributed by atoms with Crippen LogP contribution < -0.4 is 15.4 Å². The van der Waals surface area contributed by atoms with Gasteiger partial charge in [0.25, 0.3) is 17.1 Å². The topological polar surface area (TPSA) is 84.5 Å². The molecule has 3 rings (SSSR count). The van der Waals surface area contributed by atoms with Crippen molar-refractivity contribution in [3.05, 3.63) is 70.4 Å². The van der Waals surface area contributed by atoms with Crippen molar-refractivity contribution in [1.82, 2.24) is 10.6 Å². The van der Waals surface area contributed by atoms with Crippen molar-refractivity contribution in [2.75, 3.05) is 13.2 Å². The van der Waals surface area contributed by atoms with E-state index in [4.69, 9.17) is 4.74 Å². The molecule has 1 heterocycles.